The summed E-state index contributed by atoms with van der Waals surface area (Å²) in [5.41, 5.74) is 2.26. The summed E-state index contributed by atoms with van der Waals surface area (Å²) in [7, 11) is 0. The second kappa shape index (κ2) is 3.62. The highest BCUT2D eigenvalue weighted by atomic mass is 35.5. The van der Waals surface area contributed by atoms with Gasteiger partial charge in [0.2, 0.25) is 5.91 Å². The summed E-state index contributed by atoms with van der Waals surface area (Å²) in [5, 5.41) is 0. The zero-order valence-corrected chi connectivity index (χ0v) is 8.79. The first-order valence-electron chi connectivity index (χ1n) is 4.69. The van der Waals surface area contributed by atoms with Crippen molar-refractivity contribution in [2.24, 2.45) is 0 Å². The van der Waals surface area contributed by atoms with Crippen molar-refractivity contribution in [2.45, 2.75) is 12.8 Å². The Morgan fingerprint density at radius 3 is 3.00 bits per heavy atom. The second-order valence-corrected chi connectivity index (χ2v) is 3.87. The SMILES string of the molecule is CC1CN(C(=O)CCl)c2ccccc21. The minimum Gasteiger partial charge on any atom is -0.311 e. The molecule has 0 N–H and O–H groups in total. The predicted molar refractivity (Wildman–Crippen MR) is 57.9 cm³/mol. The highest BCUT2D eigenvalue weighted by molar-refractivity contribution is 6.29. The van der Waals surface area contributed by atoms with E-state index in [1.54, 1.807) is 4.90 Å². The fourth-order valence-electron chi connectivity index (χ4n) is 1.93. The number of carbonyl (C=O) groups excluding carboxylic acids is 1. The lowest BCUT2D eigenvalue weighted by Gasteiger charge is -2.15. The van der Waals surface area contributed by atoms with Crippen molar-refractivity contribution in [1.82, 2.24) is 0 Å². The van der Waals surface area contributed by atoms with E-state index in [2.05, 4.69) is 13.0 Å². The zero-order chi connectivity index (χ0) is 10.1. The first kappa shape index (κ1) is 9.53. The molecule has 0 saturated heterocycles. The van der Waals surface area contributed by atoms with E-state index in [0.29, 0.717) is 5.92 Å². The van der Waals surface area contributed by atoms with Crippen LogP contribution in [0.4, 0.5) is 5.69 Å². The van der Waals surface area contributed by atoms with Crippen molar-refractivity contribution in [3.05, 3.63) is 29.8 Å². The monoisotopic (exact) mass is 209 g/mol. The van der Waals surface area contributed by atoms with E-state index in [1.807, 2.05) is 18.2 Å². The van der Waals surface area contributed by atoms with Gasteiger partial charge in [0.15, 0.2) is 0 Å². The Hall–Kier alpha value is -1.02. The number of rotatable bonds is 1. The maximum absolute atomic E-state index is 11.5. The highest BCUT2D eigenvalue weighted by Crippen LogP contribution is 2.35. The molecule has 1 aromatic carbocycles. The molecule has 1 unspecified atom stereocenters. The summed E-state index contributed by atoms with van der Waals surface area (Å²) in [5.74, 6) is 0.461. The Morgan fingerprint density at radius 2 is 2.29 bits per heavy atom. The van der Waals surface area contributed by atoms with Gasteiger partial charge in [-0.2, -0.15) is 0 Å². The third-order valence-electron chi connectivity index (χ3n) is 2.63. The first-order valence-corrected chi connectivity index (χ1v) is 5.22. The van der Waals surface area contributed by atoms with Gasteiger partial charge in [0.05, 0.1) is 0 Å². The molecule has 1 aliphatic heterocycles. The van der Waals surface area contributed by atoms with E-state index in [-0.39, 0.29) is 11.8 Å². The number of hydrogen-bond acceptors (Lipinski definition) is 1. The summed E-state index contributed by atoms with van der Waals surface area (Å²) >= 11 is 5.56. The molecule has 2 rings (SSSR count). The molecule has 1 atom stereocenters. The van der Waals surface area contributed by atoms with Crippen LogP contribution in [0.25, 0.3) is 0 Å². The van der Waals surface area contributed by atoms with Gasteiger partial charge in [0.1, 0.15) is 5.88 Å². The zero-order valence-electron chi connectivity index (χ0n) is 8.03. The smallest absolute Gasteiger partial charge is 0.241 e. The minimum atomic E-state index is -0.0107. The lowest BCUT2D eigenvalue weighted by Crippen LogP contribution is -2.30. The molecular weight excluding hydrogens is 198 g/mol. The third-order valence-corrected chi connectivity index (χ3v) is 2.86. The fourth-order valence-corrected chi connectivity index (χ4v) is 2.07. The van der Waals surface area contributed by atoms with Crippen LogP contribution in [-0.2, 0) is 4.79 Å². The predicted octanol–water partition coefficient (Wildman–Crippen LogP) is 2.38. The van der Waals surface area contributed by atoms with Gasteiger partial charge in [0, 0.05) is 18.2 Å². The van der Waals surface area contributed by atoms with Crippen LogP contribution in [0.5, 0.6) is 0 Å². The van der Waals surface area contributed by atoms with Gasteiger partial charge in [-0.05, 0) is 11.6 Å². The topological polar surface area (TPSA) is 20.3 Å². The van der Waals surface area contributed by atoms with Gasteiger partial charge in [-0.3, -0.25) is 4.79 Å². The van der Waals surface area contributed by atoms with Crippen LogP contribution in [0.1, 0.15) is 18.4 Å². The van der Waals surface area contributed by atoms with Crippen LogP contribution in [-0.4, -0.2) is 18.3 Å². The molecule has 0 bridgehead atoms. The Labute approximate surface area is 88.5 Å². The molecule has 0 fully saturated rings. The molecule has 0 radical (unpaired) electrons. The molecule has 14 heavy (non-hydrogen) atoms. The number of amides is 1. The number of hydrogen-bond donors (Lipinski definition) is 0. The molecule has 0 spiro atoms. The van der Waals surface area contributed by atoms with E-state index in [9.17, 15) is 4.79 Å². The lowest BCUT2D eigenvalue weighted by atomic mass is 10.0. The van der Waals surface area contributed by atoms with Crippen molar-refractivity contribution in [1.29, 1.82) is 0 Å². The largest absolute Gasteiger partial charge is 0.311 e. The Kier molecular flexibility index (Phi) is 2.46. The van der Waals surface area contributed by atoms with E-state index < -0.39 is 0 Å². The number of carbonyl (C=O) groups is 1. The summed E-state index contributed by atoms with van der Waals surface area (Å²) < 4.78 is 0. The quantitative estimate of drug-likeness (QED) is 0.651. The van der Waals surface area contributed by atoms with Crippen LogP contribution in [0.15, 0.2) is 24.3 Å². The van der Waals surface area contributed by atoms with Gasteiger partial charge in [-0.15, -0.1) is 11.6 Å². The molecule has 0 saturated carbocycles. The number of alkyl halides is 1. The van der Waals surface area contributed by atoms with E-state index in [1.165, 1.54) is 5.56 Å². The Balaban J connectivity index is 2.39. The van der Waals surface area contributed by atoms with Crippen LogP contribution in [0.3, 0.4) is 0 Å². The Morgan fingerprint density at radius 1 is 1.57 bits per heavy atom. The lowest BCUT2D eigenvalue weighted by molar-refractivity contribution is -0.116. The summed E-state index contributed by atoms with van der Waals surface area (Å²) in [6.07, 6.45) is 0. The van der Waals surface area contributed by atoms with E-state index in [0.717, 1.165) is 12.2 Å². The van der Waals surface area contributed by atoms with Gasteiger partial charge < -0.3 is 4.90 Å². The van der Waals surface area contributed by atoms with Gasteiger partial charge in [0.25, 0.3) is 0 Å². The summed E-state index contributed by atoms with van der Waals surface area (Å²) in [6, 6.07) is 8.00. The van der Waals surface area contributed by atoms with Crippen LogP contribution < -0.4 is 4.90 Å². The molecule has 2 nitrogen and oxygen atoms in total. The van der Waals surface area contributed by atoms with E-state index >= 15 is 0 Å². The third kappa shape index (κ3) is 1.40. The summed E-state index contributed by atoms with van der Waals surface area (Å²) in [4.78, 5) is 13.3. The normalized spacial score (nSPS) is 19.6. The molecule has 0 aromatic heterocycles. The minimum absolute atomic E-state index is 0.0107. The molecule has 1 amide bonds. The standard InChI is InChI=1S/C11H12ClNO/c1-8-7-13(11(14)6-12)10-5-3-2-4-9(8)10/h2-5,8H,6-7H2,1H3. The van der Waals surface area contributed by atoms with E-state index in [4.69, 9.17) is 11.6 Å². The molecule has 1 aliphatic rings. The van der Waals surface area contributed by atoms with Gasteiger partial charge in [-0.25, -0.2) is 0 Å². The first-order chi connectivity index (χ1) is 6.74. The van der Waals surface area contributed by atoms with Gasteiger partial charge in [-0.1, -0.05) is 25.1 Å². The van der Waals surface area contributed by atoms with Crippen molar-refractivity contribution < 1.29 is 4.79 Å². The average molecular weight is 210 g/mol. The van der Waals surface area contributed by atoms with Crippen LogP contribution >= 0.6 is 11.6 Å². The van der Waals surface area contributed by atoms with Crippen molar-refractivity contribution in [3.63, 3.8) is 0 Å². The number of fused-ring (bicyclic) bond motifs is 1. The summed E-state index contributed by atoms with van der Waals surface area (Å²) in [6.45, 7) is 2.88. The number of nitrogens with zero attached hydrogens (tertiary/aromatic N) is 1. The maximum atomic E-state index is 11.5. The number of benzene rings is 1. The van der Waals surface area contributed by atoms with Crippen molar-refractivity contribution in [3.8, 4) is 0 Å². The van der Waals surface area contributed by atoms with Crippen molar-refractivity contribution >= 4 is 23.2 Å². The number of anilines is 1. The van der Waals surface area contributed by atoms with Crippen molar-refractivity contribution in [2.75, 3.05) is 17.3 Å². The van der Waals surface area contributed by atoms with Crippen LogP contribution in [0.2, 0.25) is 0 Å². The molecule has 1 heterocycles. The number of halogens is 1. The fraction of sp³-hybridized carbons (Fsp3) is 0.364. The molecule has 3 heteroatoms. The molecule has 0 aliphatic carbocycles. The average Bonchev–Trinajstić information content (AvgIpc) is 2.56. The molecule has 74 valence electrons. The number of para-hydroxylation sites is 1. The van der Waals surface area contributed by atoms with Crippen LogP contribution in [0, 0.1) is 0 Å². The molecular formula is C11H12ClNO. The molecule has 1 aromatic rings. The maximum Gasteiger partial charge on any atom is 0.241 e. The second-order valence-electron chi connectivity index (χ2n) is 3.60. The Bertz CT molecular complexity index is 364. The van der Waals surface area contributed by atoms with Gasteiger partial charge >= 0.3 is 0 Å². The highest BCUT2D eigenvalue weighted by Gasteiger charge is 2.28.